The Labute approximate surface area is 224 Å². The van der Waals surface area contributed by atoms with E-state index in [1.165, 1.54) is 8.61 Å². The van der Waals surface area contributed by atoms with Gasteiger partial charge in [-0.05, 0) is 55.3 Å². The van der Waals surface area contributed by atoms with Crippen LogP contribution < -0.4 is 4.31 Å². The zero-order valence-electron chi connectivity index (χ0n) is 21.2. The van der Waals surface area contributed by atoms with Gasteiger partial charge >= 0.3 is 0 Å². The van der Waals surface area contributed by atoms with Crippen molar-refractivity contribution in [1.29, 1.82) is 0 Å². The number of rotatable bonds is 7. The average Bonchev–Trinajstić information content (AvgIpc) is 3.21. The molecule has 4 aromatic rings. The van der Waals surface area contributed by atoms with Crippen LogP contribution in [0.3, 0.4) is 0 Å². The lowest BCUT2D eigenvalue weighted by Crippen LogP contribution is -2.50. The van der Waals surface area contributed by atoms with Crippen molar-refractivity contribution in [3.05, 3.63) is 132 Å². The zero-order chi connectivity index (χ0) is 27.1. The molecule has 0 fully saturated rings. The molecule has 1 unspecified atom stereocenters. The van der Waals surface area contributed by atoms with Gasteiger partial charge in [0, 0.05) is 12.1 Å². The first-order valence-electron chi connectivity index (χ1n) is 12.1. The summed E-state index contributed by atoms with van der Waals surface area (Å²) >= 11 is 0. The molecule has 0 radical (unpaired) electrons. The highest BCUT2D eigenvalue weighted by atomic mass is 32.2. The van der Waals surface area contributed by atoms with Crippen molar-refractivity contribution in [2.45, 2.75) is 36.3 Å². The molecule has 0 spiro atoms. The lowest BCUT2D eigenvalue weighted by molar-refractivity contribution is 0.373. The van der Waals surface area contributed by atoms with Crippen molar-refractivity contribution in [2.75, 3.05) is 4.31 Å². The number of fused-ring (bicyclic) bond motifs is 1. The SMILES string of the molecule is C=C1c2ccccc2N(S(=O)(=O)c2ccc(C)cc2)C1N(Cc1ccccc1)S(=O)(=O)c1ccc(C)cc1. The molecular weight excluding hydrogens is 516 g/mol. The molecule has 4 aromatic carbocycles. The van der Waals surface area contributed by atoms with E-state index in [9.17, 15) is 16.8 Å². The van der Waals surface area contributed by atoms with Gasteiger partial charge < -0.3 is 0 Å². The van der Waals surface area contributed by atoms with Gasteiger partial charge in [-0.2, -0.15) is 4.31 Å². The van der Waals surface area contributed by atoms with E-state index in [0.29, 0.717) is 16.8 Å². The Kier molecular flexibility index (Phi) is 6.73. The number of hydrogen-bond acceptors (Lipinski definition) is 4. The largest absolute Gasteiger partial charge is 0.266 e. The van der Waals surface area contributed by atoms with Crippen LogP contribution in [0.4, 0.5) is 5.69 Å². The van der Waals surface area contributed by atoms with Crippen LogP contribution in [0.2, 0.25) is 0 Å². The normalized spacial score (nSPS) is 15.6. The van der Waals surface area contributed by atoms with Gasteiger partial charge in [-0.15, -0.1) is 0 Å². The van der Waals surface area contributed by atoms with Crippen LogP contribution in [0.1, 0.15) is 22.3 Å². The first kappa shape index (κ1) is 25.9. The second-order valence-electron chi connectivity index (χ2n) is 9.38. The molecule has 0 aliphatic carbocycles. The Morgan fingerprint density at radius 1 is 0.711 bits per heavy atom. The maximum absolute atomic E-state index is 14.2. The predicted molar refractivity (Wildman–Crippen MR) is 150 cm³/mol. The third kappa shape index (κ3) is 4.55. The molecule has 0 aromatic heterocycles. The van der Waals surface area contributed by atoms with Gasteiger partial charge in [0.15, 0.2) is 0 Å². The number of hydrogen-bond donors (Lipinski definition) is 0. The Morgan fingerprint density at radius 3 is 1.84 bits per heavy atom. The highest BCUT2D eigenvalue weighted by Crippen LogP contribution is 2.45. The van der Waals surface area contributed by atoms with Gasteiger partial charge in [-0.3, -0.25) is 0 Å². The van der Waals surface area contributed by atoms with Crippen LogP contribution >= 0.6 is 0 Å². The van der Waals surface area contributed by atoms with Gasteiger partial charge in [-0.25, -0.2) is 21.1 Å². The molecule has 194 valence electrons. The fraction of sp³-hybridized carbons (Fsp3) is 0.133. The maximum Gasteiger partial charge on any atom is 0.266 e. The van der Waals surface area contributed by atoms with E-state index < -0.39 is 26.2 Å². The van der Waals surface area contributed by atoms with Crippen LogP contribution in [-0.4, -0.2) is 27.3 Å². The number of aryl methyl sites for hydroxylation is 2. The van der Waals surface area contributed by atoms with Crippen LogP contribution in [0.25, 0.3) is 5.57 Å². The minimum absolute atomic E-state index is 0.0470. The molecule has 0 amide bonds. The summed E-state index contributed by atoms with van der Waals surface area (Å²) in [5.74, 6) is 0. The zero-order valence-corrected chi connectivity index (χ0v) is 22.8. The summed E-state index contributed by atoms with van der Waals surface area (Å²) in [7, 11) is -8.34. The predicted octanol–water partition coefficient (Wildman–Crippen LogP) is 5.74. The smallest absolute Gasteiger partial charge is 0.243 e. The highest BCUT2D eigenvalue weighted by molar-refractivity contribution is 7.93. The fourth-order valence-electron chi connectivity index (χ4n) is 4.64. The molecule has 1 aliphatic rings. The topological polar surface area (TPSA) is 74.8 Å². The molecule has 38 heavy (non-hydrogen) atoms. The monoisotopic (exact) mass is 544 g/mol. The Bertz CT molecular complexity index is 1700. The summed E-state index contributed by atoms with van der Waals surface area (Å²) in [6.07, 6.45) is -1.20. The van der Waals surface area contributed by atoms with Crippen LogP contribution in [0.15, 0.2) is 119 Å². The standard InChI is InChI=1S/C30H28N2O4S2/c1-22-13-17-26(18-14-22)37(33,34)31(21-25-9-5-4-6-10-25)30-24(3)28-11-7-8-12-29(28)32(30)38(35,36)27-19-15-23(2)16-20-27/h4-20,30H,3,21H2,1-2H3. The molecule has 5 rings (SSSR count). The highest BCUT2D eigenvalue weighted by Gasteiger charge is 2.47. The van der Waals surface area contributed by atoms with Crippen molar-refractivity contribution >= 4 is 31.3 Å². The van der Waals surface area contributed by atoms with Crippen molar-refractivity contribution in [1.82, 2.24) is 4.31 Å². The summed E-state index contributed by atoms with van der Waals surface area (Å²) in [5.41, 5.74) is 3.92. The minimum atomic E-state index is -4.17. The third-order valence-electron chi connectivity index (χ3n) is 6.68. The second kappa shape index (κ2) is 9.87. The maximum atomic E-state index is 14.2. The van der Waals surface area contributed by atoms with E-state index in [2.05, 4.69) is 6.58 Å². The quantitative estimate of drug-likeness (QED) is 0.297. The van der Waals surface area contributed by atoms with E-state index in [-0.39, 0.29) is 16.3 Å². The lowest BCUT2D eigenvalue weighted by Gasteiger charge is -2.35. The summed E-state index contributed by atoms with van der Waals surface area (Å²) in [4.78, 5) is 0.153. The van der Waals surface area contributed by atoms with Gasteiger partial charge in [0.2, 0.25) is 10.0 Å². The molecule has 1 atom stereocenters. The number of nitrogens with zero attached hydrogens (tertiary/aromatic N) is 2. The number of para-hydroxylation sites is 1. The lowest BCUT2D eigenvalue weighted by atomic mass is 10.1. The summed E-state index contributed by atoms with van der Waals surface area (Å²) in [6, 6.07) is 29.2. The number of anilines is 1. The summed E-state index contributed by atoms with van der Waals surface area (Å²) in [6.45, 7) is 7.93. The van der Waals surface area contributed by atoms with E-state index in [1.54, 1.807) is 72.8 Å². The van der Waals surface area contributed by atoms with Crippen molar-refractivity contribution in [3.8, 4) is 0 Å². The summed E-state index contributed by atoms with van der Waals surface area (Å²) < 4.78 is 59.3. The van der Waals surface area contributed by atoms with E-state index in [4.69, 9.17) is 0 Å². The van der Waals surface area contributed by atoms with Crippen LogP contribution in [0.5, 0.6) is 0 Å². The molecule has 1 heterocycles. The molecule has 8 heteroatoms. The first-order valence-corrected chi connectivity index (χ1v) is 15.0. The van der Waals surface area contributed by atoms with Gasteiger partial charge in [0.05, 0.1) is 15.5 Å². The molecule has 6 nitrogen and oxygen atoms in total. The number of benzene rings is 4. The van der Waals surface area contributed by atoms with E-state index >= 15 is 0 Å². The molecule has 0 saturated heterocycles. The molecule has 1 aliphatic heterocycles. The molecule has 0 N–H and O–H groups in total. The average molecular weight is 545 g/mol. The number of sulfonamides is 2. The van der Waals surface area contributed by atoms with Gasteiger partial charge in [-0.1, -0.05) is 90.5 Å². The fourth-order valence-corrected chi connectivity index (χ4v) is 7.88. The summed E-state index contributed by atoms with van der Waals surface area (Å²) in [5, 5.41) is 0. The van der Waals surface area contributed by atoms with Crippen molar-refractivity contribution < 1.29 is 16.8 Å². The van der Waals surface area contributed by atoms with Crippen molar-refractivity contribution in [2.24, 2.45) is 0 Å². The Hall–Kier alpha value is -3.72. The molecule has 0 bridgehead atoms. The van der Waals surface area contributed by atoms with E-state index in [1.807, 2.05) is 44.2 Å². The van der Waals surface area contributed by atoms with Gasteiger partial charge in [0.1, 0.15) is 6.17 Å². The van der Waals surface area contributed by atoms with Crippen LogP contribution in [-0.2, 0) is 26.6 Å². The third-order valence-corrected chi connectivity index (χ3v) is 10.3. The Balaban J connectivity index is 1.73. The second-order valence-corrected chi connectivity index (χ2v) is 13.1. The first-order chi connectivity index (χ1) is 18.1. The Morgan fingerprint density at radius 2 is 1.24 bits per heavy atom. The van der Waals surface area contributed by atoms with Crippen LogP contribution in [0, 0.1) is 13.8 Å². The van der Waals surface area contributed by atoms with Crippen molar-refractivity contribution in [3.63, 3.8) is 0 Å². The molecule has 0 saturated carbocycles. The minimum Gasteiger partial charge on any atom is -0.243 e. The van der Waals surface area contributed by atoms with Gasteiger partial charge in [0.25, 0.3) is 10.0 Å². The molecular formula is C30H28N2O4S2. The van der Waals surface area contributed by atoms with E-state index in [0.717, 1.165) is 16.7 Å².